The Morgan fingerprint density at radius 3 is 2.65 bits per heavy atom. The summed E-state index contributed by atoms with van der Waals surface area (Å²) in [6.07, 6.45) is 1.82. The van der Waals surface area contributed by atoms with Crippen LogP contribution in [0.15, 0.2) is 48.5 Å². The van der Waals surface area contributed by atoms with Crippen molar-refractivity contribution >= 4 is 0 Å². The Morgan fingerprint density at radius 1 is 1.06 bits per heavy atom. The second-order valence-electron chi connectivity index (χ2n) is 3.79. The van der Waals surface area contributed by atoms with E-state index in [4.69, 9.17) is 4.74 Å². The second kappa shape index (κ2) is 6.04. The first-order chi connectivity index (χ1) is 8.36. The molecule has 0 saturated carbocycles. The van der Waals surface area contributed by atoms with Gasteiger partial charge in [-0.1, -0.05) is 42.5 Å². The number of aryl methyl sites for hydroxylation is 1. The number of hydrogen-bond donors (Lipinski definition) is 0. The largest absolute Gasteiger partial charge is 0.490 e. The molecule has 0 aromatic heterocycles. The molecule has 17 heavy (non-hydrogen) atoms. The topological polar surface area (TPSA) is 9.23 Å². The van der Waals surface area contributed by atoms with E-state index in [1.165, 1.54) is 11.6 Å². The van der Waals surface area contributed by atoms with Crippen molar-refractivity contribution in [2.75, 3.05) is 6.61 Å². The summed E-state index contributed by atoms with van der Waals surface area (Å²) in [5, 5.41) is 0. The summed E-state index contributed by atoms with van der Waals surface area (Å²) in [5.41, 5.74) is 1.27. The third-order valence-electron chi connectivity index (χ3n) is 2.48. The van der Waals surface area contributed by atoms with Gasteiger partial charge in [0.2, 0.25) is 0 Å². The summed E-state index contributed by atoms with van der Waals surface area (Å²) in [4.78, 5) is 0. The number of halogens is 1. The fraction of sp³-hybridized carbons (Fsp3) is 0.200. The zero-order valence-corrected chi connectivity index (χ0v) is 9.53. The zero-order chi connectivity index (χ0) is 11.9. The van der Waals surface area contributed by atoms with Crippen LogP contribution < -0.4 is 4.74 Å². The molecule has 0 amide bonds. The van der Waals surface area contributed by atoms with E-state index in [0.717, 1.165) is 12.8 Å². The molecule has 2 aromatic rings. The van der Waals surface area contributed by atoms with E-state index in [2.05, 4.69) is 18.2 Å². The van der Waals surface area contributed by atoms with Crippen molar-refractivity contribution < 1.29 is 9.13 Å². The highest BCUT2D eigenvalue weighted by atomic mass is 19.1. The normalized spacial score (nSPS) is 10.2. The van der Waals surface area contributed by atoms with Gasteiger partial charge < -0.3 is 4.74 Å². The molecule has 0 aliphatic rings. The predicted molar refractivity (Wildman–Crippen MR) is 65.5 cm³/mol. The molecule has 1 radical (unpaired) electrons. The molecule has 0 spiro atoms. The minimum absolute atomic E-state index is 0.278. The minimum atomic E-state index is -0.424. The molecule has 2 heteroatoms. The molecule has 1 nitrogen and oxygen atoms in total. The van der Waals surface area contributed by atoms with E-state index in [1.54, 1.807) is 12.1 Å². The fourth-order valence-electron chi connectivity index (χ4n) is 1.62. The molecule has 2 aromatic carbocycles. The van der Waals surface area contributed by atoms with Crippen LogP contribution in [0.4, 0.5) is 4.39 Å². The van der Waals surface area contributed by atoms with Crippen LogP contribution >= 0.6 is 0 Å². The van der Waals surface area contributed by atoms with Crippen molar-refractivity contribution in [2.24, 2.45) is 0 Å². The minimum Gasteiger partial charge on any atom is -0.490 e. The first-order valence-electron chi connectivity index (χ1n) is 5.69. The van der Waals surface area contributed by atoms with Gasteiger partial charge >= 0.3 is 0 Å². The van der Waals surface area contributed by atoms with Crippen molar-refractivity contribution in [1.82, 2.24) is 0 Å². The monoisotopic (exact) mass is 229 g/mol. The maximum Gasteiger partial charge on any atom is 0.172 e. The third kappa shape index (κ3) is 3.59. The SMILES string of the molecule is Fc1[c]cccc1OCCCc1ccccc1. The van der Waals surface area contributed by atoms with Gasteiger partial charge in [-0.15, -0.1) is 0 Å². The first kappa shape index (κ1) is 11.6. The van der Waals surface area contributed by atoms with Crippen LogP contribution in [0, 0.1) is 11.9 Å². The number of hydrogen-bond acceptors (Lipinski definition) is 1. The van der Waals surface area contributed by atoms with E-state index >= 15 is 0 Å². The van der Waals surface area contributed by atoms with Crippen LogP contribution in [0.1, 0.15) is 12.0 Å². The molecule has 2 rings (SSSR count). The van der Waals surface area contributed by atoms with Gasteiger partial charge in [0, 0.05) is 6.07 Å². The smallest absolute Gasteiger partial charge is 0.172 e. The number of rotatable bonds is 5. The molecular weight excluding hydrogens is 215 g/mol. The fourth-order valence-corrected chi connectivity index (χ4v) is 1.62. The lowest BCUT2D eigenvalue weighted by molar-refractivity contribution is 0.295. The molecule has 0 saturated heterocycles. The van der Waals surface area contributed by atoms with Crippen LogP contribution in [-0.4, -0.2) is 6.61 Å². The van der Waals surface area contributed by atoms with Gasteiger partial charge in [0.05, 0.1) is 6.61 Å². The van der Waals surface area contributed by atoms with Crippen molar-refractivity contribution in [3.63, 3.8) is 0 Å². The van der Waals surface area contributed by atoms with E-state index in [9.17, 15) is 4.39 Å². The molecule has 0 aliphatic heterocycles. The van der Waals surface area contributed by atoms with Crippen molar-refractivity contribution in [3.05, 3.63) is 66.0 Å². The summed E-state index contributed by atoms with van der Waals surface area (Å²) in [5.74, 6) is -0.146. The molecule has 0 atom stereocenters. The Hall–Kier alpha value is -1.83. The average Bonchev–Trinajstić information content (AvgIpc) is 2.38. The lowest BCUT2D eigenvalue weighted by Crippen LogP contribution is -2.00. The van der Waals surface area contributed by atoms with E-state index in [-0.39, 0.29) is 5.75 Å². The van der Waals surface area contributed by atoms with Crippen LogP contribution in [-0.2, 0) is 6.42 Å². The molecule has 0 unspecified atom stereocenters. The molecule has 0 bridgehead atoms. The van der Waals surface area contributed by atoms with Gasteiger partial charge in [0.15, 0.2) is 11.6 Å². The zero-order valence-electron chi connectivity index (χ0n) is 9.53. The lowest BCUT2D eigenvalue weighted by atomic mass is 10.1. The van der Waals surface area contributed by atoms with Gasteiger partial charge in [-0.05, 0) is 24.5 Å². The summed E-state index contributed by atoms with van der Waals surface area (Å²) in [7, 11) is 0. The lowest BCUT2D eigenvalue weighted by Gasteiger charge is -2.06. The summed E-state index contributed by atoms with van der Waals surface area (Å²) in [6, 6.07) is 17.5. The molecule has 0 fully saturated rings. The molecule has 0 heterocycles. The van der Waals surface area contributed by atoms with Crippen molar-refractivity contribution in [1.29, 1.82) is 0 Å². The summed E-state index contributed by atoms with van der Waals surface area (Å²) >= 11 is 0. The van der Waals surface area contributed by atoms with E-state index in [1.807, 2.05) is 18.2 Å². The molecule has 0 aliphatic carbocycles. The Kier molecular flexibility index (Phi) is 4.14. The average molecular weight is 229 g/mol. The number of benzene rings is 2. The maximum atomic E-state index is 13.2. The van der Waals surface area contributed by atoms with Gasteiger partial charge in [-0.2, -0.15) is 0 Å². The molecule has 0 N–H and O–H groups in total. The second-order valence-corrected chi connectivity index (χ2v) is 3.79. The molecular formula is C15H14FO. The molecule has 87 valence electrons. The first-order valence-corrected chi connectivity index (χ1v) is 5.69. The van der Waals surface area contributed by atoms with Crippen molar-refractivity contribution in [3.8, 4) is 5.75 Å². The van der Waals surface area contributed by atoms with Crippen LogP contribution in [0.3, 0.4) is 0 Å². The Bertz CT molecular complexity index is 453. The Labute approximate surface area is 101 Å². The van der Waals surface area contributed by atoms with Gasteiger partial charge in [-0.3, -0.25) is 0 Å². The van der Waals surface area contributed by atoms with E-state index < -0.39 is 5.82 Å². The number of ether oxygens (including phenoxy) is 1. The van der Waals surface area contributed by atoms with Crippen molar-refractivity contribution in [2.45, 2.75) is 12.8 Å². The highest BCUT2D eigenvalue weighted by molar-refractivity contribution is 5.22. The van der Waals surface area contributed by atoms with Crippen LogP contribution in [0.5, 0.6) is 5.75 Å². The third-order valence-corrected chi connectivity index (χ3v) is 2.48. The summed E-state index contributed by atoms with van der Waals surface area (Å²) < 4.78 is 18.5. The maximum absolute atomic E-state index is 13.2. The van der Waals surface area contributed by atoms with Gasteiger partial charge in [0.25, 0.3) is 0 Å². The standard InChI is InChI=1S/C15H14FO/c16-14-10-4-5-11-15(14)17-12-6-9-13-7-2-1-3-8-13/h1-5,7-8,11H,6,9,12H2. The van der Waals surface area contributed by atoms with Crippen LogP contribution in [0.2, 0.25) is 0 Å². The highest BCUT2D eigenvalue weighted by Crippen LogP contribution is 2.15. The quantitative estimate of drug-likeness (QED) is 0.711. The Morgan fingerprint density at radius 2 is 1.88 bits per heavy atom. The highest BCUT2D eigenvalue weighted by Gasteiger charge is 2.01. The van der Waals surface area contributed by atoms with Crippen LogP contribution in [0.25, 0.3) is 0 Å². The summed E-state index contributed by atoms with van der Waals surface area (Å²) in [6.45, 7) is 0.518. The Balaban J connectivity index is 1.76. The van der Waals surface area contributed by atoms with Gasteiger partial charge in [-0.25, -0.2) is 4.39 Å². The van der Waals surface area contributed by atoms with Gasteiger partial charge in [0.1, 0.15) is 0 Å². The van der Waals surface area contributed by atoms with E-state index in [0.29, 0.717) is 6.61 Å². The predicted octanol–water partition coefficient (Wildman–Crippen LogP) is 3.64.